The van der Waals surface area contributed by atoms with Crippen molar-refractivity contribution in [2.75, 3.05) is 6.61 Å². The zero-order chi connectivity index (χ0) is 16.2. The summed E-state index contributed by atoms with van der Waals surface area (Å²) in [5.74, 6) is 0.0208. The highest BCUT2D eigenvalue weighted by Crippen LogP contribution is 2.21. The van der Waals surface area contributed by atoms with E-state index < -0.39 is 4.92 Å². The van der Waals surface area contributed by atoms with E-state index in [9.17, 15) is 20.0 Å². The van der Waals surface area contributed by atoms with Crippen LogP contribution in [0.25, 0.3) is 0 Å². The maximum absolute atomic E-state index is 12.0. The number of carbonyl (C=O) groups excluding carboxylic acids is 1. The van der Waals surface area contributed by atoms with Crippen molar-refractivity contribution in [3.8, 4) is 0 Å². The number of aliphatic hydroxyl groups is 1. The standard InChI is InChI=1S/C13H22N4O4/c1-8(2)5-11(7-18)14-12(19)6-16-10(4)13(17(20)21)9(3)15-16/h8,11,18H,5-7H2,1-4H3,(H,14,19). The first-order valence-corrected chi connectivity index (χ1v) is 6.84. The van der Waals surface area contributed by atoms with Gasteiger partial charge in [-0.15, -0.1) is 0 Å². The molecule has 0 saturated carbocycles. The molecule has 0 spiro atoms. The van der Waals surface area contributed by atoms with Gasteiger partial charge in [-0.25, -0.2) is 0 Å². The molecule has 21 heavy (non-hydrogen) atoms. The van der Waals surface area contributed by atoms with Crippen molar-refractivity contribution >= 4 is 11.6 Å². The van der Waals surface area contributed by atoms with Crippen molar-refractivity contribution in [2.24, 2.45) is 5.92 Å². The summed E-state index contributed by atoms with van der Waals surface area (Å²) in [5, 5.41) is 26.9. The molecule has 118 valence electrons. The van der Waals surface area contributed by atoms with E-state index in [1.165, 1.54) is 11.6 Å². The molecule has 8 nitrogen and oxygen atoms in total. The van der Waals surface area contributed by atoms with Crippen LogP contribution in [0.2, 0.25) is 0 Å². The second kappa shape index (κ2) is 7.16. The Kier molecular flexibility index (Phi) is 5.83. The molecular formula is C13H22N4O4. The number of carbonyl (C=O) groups is 1. The fraction of sp³-hybridized carbons (Fsp3) is 0.692. The van der Waals surface area contributed by atoms with Crippen LogP contribution in [0.3, 0.4) is 0 Å². The Bertz CT molecular complexity index is 524. The van der Waals surface area contributed by atoms with Gasteiger partial charge in [0, 0.05) is 0 Å². The van der Waals surface area contributed by atoms with E-state index in [0.29, 0.717) is 18.0 Å². The summed E-state index contributed by atoms with van der Waals surface area (Å²) < 4.78 is 1.31. The van der Waals surface area contributed by atoms with E-state index in [2.05, 4.69) is 10.4 Å². The van der Waals surface area contributed by atoms with Crippen LogP contribution in [0.15, 0.2) is 0 Å². The molecule has 2 N–H and O–H groups in total. The predicted molar refractivity (Wildman–Crippen MR) is 76.8 cm³/mol. The van der Waals surface area contributed by atoms with Crippen LogP contribution in [-0.4, -0.2) is 38.4 Å². The normalized spacial score (nSPS) is 12.5. The lowest BCUT2D eigenvalue weighted by Crippen LogP contribution is -2.40. The third-order valence-electron chi connectivity index (χ3n) is 3.16. The zero-order valence-corrected chi connectivity index (χ0v) is 12.8. The van der Waals surface area contributed by atoms with Gasteiger partial charge in [-0.3, -0.25) is 19.6 Å². The maximum Gasteiger partial charge on any atom is 0.312 e. The smallest absolute Gasteiger partial charge is 0.312 e. The summed E-state index contributed by atoms with van der Waals surface area (Å²) in [4.78, 5) is 22.4. The molecule has 1 aromatic heterocycles. The summed E-state index contributed by atoms with van der Waals surface area (Å²) in [5.41, 5.74) is 0.562. The van der Waals surface area contributed by atoms with Gasteiger partial charge in [0.2, 0.25) is 5.91 Å². The fourth-order valence-electron chi connectivity index (χ4n) is 2.26. The average molecular weight is 298 g/mol. The third kappa shape index (κ3) is 4.52. The number of nitrogens with zero attached hydrogens (tertiary/aromatic N) is 3. The summed E-state index contributed by atoms with van der Waals surface area (Å²) in [6.07, 6.45) is 0.666. The lowest BCUT2D eigenvalue weighted by atomic mass is 10.0. The molecule has 1 amide bonds. The topological polar surface area (TPSA) is 110 Å². The number of nitro groups is 1. The van der Waals surface area contributed by atoms with Gasteiger partial charge >= 0.3 is 5.69 Å². The van der Waals surface area contributed by atoms with Crippen LogP contribution in [0.5, 0.6) is 0 Å². The minimum Gasteiger partial charge on any atom is -0.394 e. The Labute approximate surface area is 123 Å². The molecule has 8 heteroatoms. The van der Waals surface area contributed by atoms with Crippen LogP contribution < -0.4 is 5.32 Å². The van der Waals surface area contributed by atoms with Gasteiger partial charge in [-0.2, -0.15) is 5.10 Å². The quantitative estimate of drug-likeness (QED) is 0.574. The predicted octanol–water partition coefficient (Wildman–Crippen LogP) is 0.931. The first-order valence-electron chi connectivity index (χ1n) is 6.84. The monoisotopic (exact) mass is 298 g/mol. The van der Waals surface area contributed by atoms with E-state index in [0.717, 1.165) is 0 Å². The number of nitrogens with one attached hydrogen (secondary N) is 1. The molecule has 0 aliphatic heterocycles. The summed E-state index contributed by atoms with van der Waals surface area (Å²) in [6.45, 7) is 6.85. The molecule has 1 unspecified atom stereocenters. The molecule has 0 saturated heterocycles. The molecule has 0 bridgehead atoms. The number of aliphatic hydroxyl groups excluding tert-OH is 1. The Morgan fingerprint density at radius 3 is 2.52 bits per heavy atom. The first kappa shape index (κ1) is 17.1. The van der Waals surface area contributed by atoms with E-state index in [-0.39, 0.29) is 36.5 Å². The van der Waals surface area contributed by atoms with Crippen molar-refractivity contribution in [3.63, 3.8) is 0 Å². The zero-order valence-electron chi connectivity index (χ0n) is 12.8. The van der Waals surface area contributed by atoms with Gasteiger partial charge in [-0.1, -0.05) is 13.8 Å². The SMILES string of the molecule is Cc1nn(CC(=O)NC(CO)CC(C)C)c(C)c1[N+](=O)[O-]. The number of hydrogen-bond acceptors (Lipinski definition) is 5. The largest absolute Gasteiger partial charge is 0.394 e. The highest BCUT2D eigenvalue weighted by molar-refractivity contribution is 5.76. The molecule has 0 aliphatic carbocycles. The van der Waals surface area contributed by atoms with Gasteiger partial charge in [0.25, 0.3) is 0 Å². The van der Waals surface area contributed by atoms with Crippen molar-refractivity contribution in [1.29, 1.82) is 0 Å². The Hall–Kier alpha value is -1.96. The van der Waals surface area contributed by atoms with Gasteiger partial charge in [0.05, 0.1) is 17.6 Å². The van der Waals surface area contributed by atoms with Crippen LogP contribution >= 0.6 is 0 Å². The Morgan fingerprint density at radius 2 is 2.10 bits per heavy atom. The third-order valence-corrected chi connectivity index (χ3v) is 3.16. The summed E-state index contributed by atoms with van der Waals surface area (Å²) >= 11 is 0. The molecule has 0 aromatic carbocycles. The maximum atomic E-state index is 12.0. The minimum atomic E-state index is -0.499. The number of aromatic nitrogens is 2. The first-order chi connectivity index (χ1) is 9.76. The van der Waals surface area contributed by atoms with E-state index >= 15 is 0 Å². The van der Waals surface area contributed by atoms with E-state index in [1.54, 1.807) is 6.92 Å². The molecular weight excluding hydrogens is 276 g/mol. The molecule has 1 heterocycles. The minimum absolute atomic E-state index is 0.0660. The number of hydrogen-bond donors (Lipinski definition) is 2. The van der Waals surface area contributed by atoms with Crippen molar-refractivity contribution < 1.29 is 14.8 Å². The van der Waals surface area contributed by atoms with E-state index in [1.807, 2.05) is 13.8 Å². The lowest BCUT2D eigenvalue weighted by molar-refractivity contribution is -0.386. The second-order valence-corrected chi connectivity index (χ2v) is 5.51. The average Bonchev–Trinajstić information content (AvgIpc) is 2.62. The number of amides is 1. The number of aryl methyl sites for hydroxylation is 1. The Morgan fingerprint density at radius 1 is 1.48 bits per heavy atom. The van der Waals surface area contributed by atoms with Gasteiger partial charge in [0.15, 0.2) is 0 Å². The summed E-state index contributed by atoms with van der Waals surface area (Å²) in [7, 11) is 0. The fourth-order valence-corrected chi connectivity index (χ4v) is 2.26. The van der Waals surface area contributed by atoms with Crippen LogP contribution in [0, 0.1) is 29.9 Å². The van der Waals surface area contributed by atoms with Gasteiger partial charge < -0.3 is 10.4 Å². The highest BCUT2D eigenvalue weighted by Gasteiger charge is 2.23. The van der Waals surface area contributed by atoms with Crippen LogP contribution in [-0.2, 0) is 11.3 Å². The molecule has 0 aliphatic rings. The van der Waals surface area contributed by atoms with Gasteiger partial charge in [-0.05, 0) is 26.2 Å². The molecule has 1 rings (SSSR count). The van der Waals surface area contributed by atoms with Crippen molar-refractivity contribution in [3.05, 3.63) is 21.5 Å². The van der Waals surface area contributed by atoms with E-state index in [4.69, 9.17) is 0 Å². The molecule has 0 fully saturated rings. The van der Waals surface area contributed by atoms with Crippen molar-refractivity contribution in [1.82, 2.24) is 15.1 Å². The van der Waals surface area contributed by atoms with Crippen LogP contribution in [0.1, 0.15) is 31.7 Å². The number of rotatable bonds is 7. The highest BCUT2D eigenvalue weighted by atomic mass is 16.6. The molecule has 1 atom stereocenters. The molecule has 1 aromatic rings. The van der Waals surface area contributed by atoms with Crippen LogP contribution in [0.4, 0.5) is 5.69 Å². The summed E-state index contributed by atoms with van der Waals surface area (Å²) in [6, 6.07) is -0.315. The van der Waals surface area contributed by atoms with Gasteiger partial charge in [0.1, 0.15) is 17.9 Å². The second-order valence-electron chi connectivity index (χ2n) is 5.51. The molecule has 0 radical (unpaired) electrons. The lowest BCUT2D eigenvalue weighted by Gasteiger charge is -2.18. The van der Waals surface area contributed by atoms with Crippen molar-refractivity contribution in [2.45, 2.75) is 46.7 Å². The Balaban J connectivity index is 2.75.